The van der Waals surface area contributed by atoms with Gasteiger partial charge in [0.15, 0.2) is 0 Å². The average Bonchev–Trinajstić information content (AvgIpc) is 3.35. The summed E-state index contributed by atoms with van der Waals surface area (Å²) in [6, 6.07) is 10.2. The van der Waals surface area contributed by atoms with E-state index < -0.39 is 5.54 Å². The van der Waals surface area contributed by atoms with Gasteiger partial charge in [0.05, 0.1) is 30.2 Å². The van der Waals surface area contributed by atoms with Gasteiger partial charge in [-0.3, -0.25) is 9.69 Å². The molecule has 6 heteroatoms. The zero-order valence-electron chi connectivity index (χ0n) is 14.4. The molecule has 1 aromatic carbocycles. The summed E-state index contributed by atoms with van der Waals surface area (Å²) in [6.45, 7) is 2.63. The number of para-hydroxylation sites is 2. The number of hydrogen-bond acceptors (Lipinski definition) is 4. The number of hydrogen-bond donors (Lipinski definition) is 1. The van der Waals surface area contributed by atoms with E-state index in [1.807, 2.05) is 54.8 Å². The zero-order chi connectivity index (χ0) is 17.3. The van der Waals surface area contributed by atoms with Crippen LogP contribution in [0, 0.1) is 17.2 Å². The Morgan fingerprint density at radius 2 is 2.21 bits per heavy atom. The van der Waals surface area contributed by atoms with Crippen molar-refractivity contribution in [3.63, 3.8) is 0 Å². The van der Waals surface area contributed by atoms with Crippen LogP contribution in [-0.2, 0) is 18.4 Å². The van der Waals surface area contributed by atoms with Crippen LogP contribution >= 0.6 is 0 Å². The van der Waals surface area contributed by atoms with Gasteiger partial charge in [0.1, 0.15) is 11.4 Å². The van der Waals surface area contributed by atoms with Crippen LogP contribution in [0.3, 0.4) is 0 Å². The maximum atomic E-state index is 12.3. The molecular formula is C18H23N5O. The second kappa shape index (κ2) is 6.25. The number of benzene rings is 1. The number of fused-ring (bicyclic) bond motifs is 1. The lowest BCUT2D eigenvalue weighted by Crippen LogP contribution is -2.49. The number of likely N-dealkylation sites (N-methyl/N-ethyl adjacent to an activating group) is 1. The van der Waals surface area contributed by atoms with Crippen molar-refractivity contribution in [3.8, 4) is 6.07 Å². The molecule has 3 rings (SSSR count). The molecule has 1 aromatic heterocycles. The lowest BCUT2D eigenvalue weighted by molar-refractivity contribution is -0.123. The predicted octanol–water partition coefficient (Wildman–Crippen LogP) is 1.81. The van der Waals surface area contributed by atoms with E-state index in [0.717, 1.165) is 29.7 Å². The van der Waals surface area contributed by atoms with Crippen molar-refractivity contribution >= 4 is 16.9 Å². The molecule has 1 aliphatic rings. The normalized spacial score (nSPS) is 16.8. The van der Waals surface area contributed by atoms with E-state index in [1.54, 1.807) is 0 Å². The van der Waals surface area contributed by atoms with Gasteiger partial charge in [-0.15, -0.1) is 0 Å². The van der Waals surface area contributed by atoms with Crippen molar-refractivity contribution in [2.75, 3.05) is 13.6 Å². The second-order valence-corrected chi connectivity index (χ2v) is 6.88. The number of rotatable bonds is 6. The smallest absolute Gasteiger partial charge is 0.235 e. The van der Waals surface area contributed by atoms with Crippen molar-refractivity contribution in [3.05, 3.63) is 30.1 Å². The molecule has 6 nitrogen and oxygen atoms in total. The monoisotopic (exact) mass is 325 g/mol. The number of amides is 1. The van der Waals surface area contributed by atoms with Crippen molar-refractivity contribution < 1.29 is 4.79 Å². The van der Waals surface area contributed by atoms with Gasteiger partial charge in [0.25, 0.3) is 0 Å². The Morgan fingerprint density at radius 1 is 1.50 bits per heavy atom. The number of nitriles is 1. The number of nitrogens with one attached hydrogen (secondary N) is 1. The Bertz CT molecular complexity index is 801. The molecule has 0 aliphatic heterocycles. The molecule has 0 spiro atoms. The lowest BCUT2D eigenvalue weighted by Gasteiger charge is -2.24. The molecular weight excluding hydrogens is 302 g/mol. The highest BCUT2D eigenvalue weighted by Crippen LogP contribution is 2.39. The third kappa shape index (κ3) is 3.26. The predicted molar refractivity (Wildman–Crippen MR) is 91.9 cm³/mol. The minimum atomic E-state index is -0.740. The number of carbonyl (C=O) groups excluding carboxylic acids is 1. The Morgan fingerprint density at radius 3 is 2.83 bits per heavy atom. The highest BCUT2D eigenvalue weighted by Gasteiger charge is 2.43. The molecule has 1 amide bonds. The zero-order valence-corrected chi connectivity index (χ0v) is 14.4. The minimum absolute atomic E-state index is 0.118. The number of imidazole rings is 1. The Labute approximate surface area is 142 Å². The third-order valence-electron chi connectivity index (χ3n) is 4.73. The fourth-order valence-corrected chi connectivity index (χ4v) is 3.09. The fourth-order valence-electron chi connectivity index (χ4n) is 3.09. The van der Waals surface area contributed by atoms with Crippen molar-refractivity contribution in [1.82, 2.24) is 19.8 Å². The van der Waals surface area contributed by atoms with E-state index in [0.29, 0.717) is 6.54 Å². The summed E-state index contributed by atoms with van der Waals surface area (Å²) >= 11 is 0. The first kappa shape index (κ1) is 16.5. The fraction of sp³-hybridized carbons (Fsp3) is 0.500. The number of carbonyl (C=O) groups is 1. The molecule has 1 atom stereocenters. The molecule has 0 bridgehead atoms. The van der Waals surface area contributed by atoms with Crippen molar-refractivity contribution in [2.24, 2.45) is 13.0 Å². The van der Waals surface area contributed by atoms with Crippen molar-refractivity contribution in [2.45, 2.75) is 31.8 Å². The quantitative estimate of drug-likeness (QED) is 0.879. The van der Waals surface area contributed by atoms with Gasteiger partial charge in [-0.05, 0) is 44.9 Å². The molecule has 0 radical (unpaired) electrons. The molecule has 0 unspecified atom stereocenters. The van der Waals surface area contributed by atoms with Gasteiger partial charge in [0.2, 0.25) is 5.91 Å². The Kier molecular flexibility index (Phi) is 4.29. The molecule has 1 aliphatic carbocycles. The maximum absolute atomic E-state index is 12.3. The van der Waals surface area contributed by atoms with Crippen LogP contribution in [0.4, 0.5) is 0 Å². The largest absolute Gasteiger partial charge is 0.337 e. The summed E-state index contributed by atoms with van der Waals surface area (Å²) in [4.78, 5) is 18.8. The SMILES string of the molecule is CN(CC(=O)N[C@](C)(C#N)C1CC1)Cc1nc2ccccc2n1C. The molecule has 126 valence electrons. The first-order valence-electron chi connectivity index (χ1n) is 8.24. The first-order valence-corrected chi connectivity index (χ1v) is 8.24. The molecule has 1 N–H and O–H groups in total. The van der Waals surface area contributed by atoms with E-state index in [4.69, 9.17) is 0 Å². The molecule has 0 saturated heterocycles. The molecule has 1 saturated carbocycles. The van der Waals surface area contributed by atoms with E-state index in [2.05, 4.69) is 16.4 Å². The van der Waals surface area contributed by atoms with Gasteiger partial charge in [-0.2, -0.15) is 5.26 Å². The Balaban J connectivity index is 1.62. The Hall–Kier alpha value is -2.39. The van der Waals surface area contributed by atoms with E-state index in [9.17, 15) is 10.1 Å². The van der Waals surface area contributed by atoms with Crippen LogP contribution in [-0.4, -0.2) is 39.5 Å². The maximum Gasteiger partial charge on any atom is 0.235 e. The highest BCUT2D eigenvalue weighted by molar-refractivity contribution is 5.79. The van der Waals surface area contributed by atoms with Crippen LogP contribution in [0.5, 0.6) is 0 Å². The van der Waals surface area contributed by atoms with Crippen LogP contribution in [0.1, 0.15) is 25.6 Å². The number of aromatic nitrogens is 2. The summed E-state index contributed by atoms with van der Waals surface area (Å²) in [7, 11) is 3.87. The van der Waals surface area contributed by atoms with E-state index in [1.165, 1.54) is 0 Å². The van der Waals surface area contributed by atoms with Crippen LogP contribution in [0.2, 0.25) is 0 Å². The molecule has 24 heavy (non-hydrogen) atoms. The summed E-state index contributed by atoms with van der Waals surface area (Å²) < 4.78 is 2.05. The standard InChI is InChI=1S/C18H23N5O/c1-18(12-19,13-8-9-13)21-17(24)11-22(2)10-16-20-14-6-4-5-7-15(14)23(16)3/h4-7,13H,8-11H2,1-3H3,(H,21,24)/t18-/m1/s1. The van der Waals surface area contributed by atoms with Crippen LogP contribution in [0.25, 0.3) is 11.0 Å². The van der Waals surface area contributed by atoms with E-state index in [-0.39, 0.29) is 18.4 Å². The van der Waals surface area contributed by atoms with Gasteiger partial charge in [-0.1, -0.05) is 12.1 Å². The van der Waals surface area contributed by atoms with Gasteiger partial charge in [-0.25, -0.2) is 4.98 Å². The highest BCUT2D eigenvalue weighted by atomic mass is 16.2. The van der Waals surface area contributed by atoms with Gasteiger partial charge in [0, 0.05) is 7.05 Å². The lowest BCUT2D eigenvalue weighted by atomic mass is 9.98. The minimum Gasteiger partial charge on any atom is -0.337 e. The second-order valence-electron chi connectivity index (χ2n) is 6.88. The molecule has 1 fully saturated rings. The summed E-state index contributed by atoms with van der Waals surface area (Å²) in [5, 5.41) is 12.2. The van der Waals surface area contributed by atoms with Crippen LogP contribution < -0.4 is 5.32 Å². The van der Waals surface area contributed by atoms with E-state index >= 15 is 0 Å². The summed E-state index contributed by atoms with van der Waals surface area (Å²) in [5.41, 5.74) is 1.30. The number of aryl methyl sites for hydroxylation is 1. The van der Waals surface area contributed by atoms with Gasteiger partial charge >= 0.3 is 0 Å². The van der Waals surface area contributed by atoms with Crippen molar-refractivity contribution in [1.29, 1.82) is 5.26 Å². The van der Waals surface area contributed by atoms with Crippen LogP contribution in [0.15, 0.2) is 24.3 Å². The third-order valence-corrected chi connectivity index (χ3v) is 4.73. The van der Waals surface area contributed by atoms with Gasteiger partial charge < -0.3 is 9.88 Å². The summed E-state index contributed by atoms with van der Waals surface area (Å²) in [5.74, 6) is 1.08. The number of nitrogens with zero attached hydrogens (tertiary/aromatic N) is 4. The molecule has 2 aromatic rings. The first-order chi connectivity index (χ1) is 11.4. The topological polar surface area (TPSA) is 74.0 Å². The molecule has 1 heterocycles. The average molecular weight is 325 g/mol. The summed E-state index contributed by atoms with van der Waals surface area (Å²) in [6.07, 6.45) is 2.03.